The maximum Gasteiger partial charge on any atom is 0.0554 e. The van der Waals surface area contributed by atoms with Gasteiger partial charge in [-0.3, -0.25) is 4.98 Å². The van der Waals surface area contributed by atoms with Crippen molar-refractivity contribution in [3.63, 3.8) is 0 Å². The van der Waals surface area contributed by atoms with Crippen LogP contribution in [0.4, 0.5) is 17.1 Å². The minimum atomic E-state index is 1.12. The molecule has 0 atom stereocenters. The van der Waals surface area contributed by atoms with Gasteiger partial charge < -0.3 is 4.90 Å². The molecule has 0 fully saturated rings. The van der Waals surface area contributed by atoms with E-state index in [1.54, 1.807) is 11.3 Å². The molecule has 0 N–H and O–H groups in total. The fourth-order valence-electron chi connectivity index (χ4n) is 5.14. The average molecular weight is 505 g/mol. The van der Waals surface area contributed by atoms with Gasteiger partial charge in [-0.1, -0.05) is 91.0 Å². The summed E-state index contributed by atoms with van der Waals surface area (Å²) in [4.78, 5) is 6.75. The van der Waals surface area contributed by atoms with Gasteiger partial charge in [0.2, 0.25) is 0 Å². The normalized spacial score (nSPS) is 11.2. The molecule has 0 amide bonds. The van der Waals surface area contributed by atoms with Crippen molar-refractivity contribution in [3.8, 4) is 22.3 Å². The fraction of sp³-hybridized carbons (Fsp3) is 0. The molecule has 0 radical (unpaired) electrons. The molecule has 0 aliphatic rings. The fourth-order valence-corrected chi connectivity index (χ4v) is 6.24. The first-order valence-electron chi connectivity index (χ1n) is 12.7. The van der Waals surface area contributed by atoms with Crippen molar-refractivity contribution in [1.29, 1.82) is 0 Å². The van der Waals surface area contributed by atoms with Crippen LogP contribution in [0.2, 0.25) is 0 Å². The number of benzene rings is 5. The Hall–Kier alpha value is -4.73. The van der Waals surface area contributed by atoms with E-state index in [1.807, 2.05) is 12.4 Å². The maximum absolute atomic E-state index is 4.37. The van der Waals surface area contributed by atoms with Crippen LogP contribution in [0.5, 0.6) is 0 Å². The molecule has 2 heterocycles. The number of hydrogen-bond donors (Lipinski definition) is 0. The van der Waals surface area contributed by atoms with E-state index in [0.29, 0.717) is 0 Å². The minimum absolute atomic E-state index is 1.12. The third kappa shape index (κ3) is 4.03. The largest absolute Gasteiger partial charge is 0.310 e. The van der Waals surface area contributed by atoms with E-state index in [1.165, 1.54) is 48.1 Å². The van der Waals surface area contributed by atoms with Gasteiger partial charge in [0.1, 0.15) is 0 Å². The van der Waals surface area contributed by atoms with Crippen molar-refractivity contribution in [2.45, 2.75) is 0 Å². The Labute approximate surface area is 226 Å². The standard InChI is InChI=1S/C35H24N2S/c1-3-8-25(9-4-1)27-14-18-29(19-15-27)37(30-20-16-28(17-21-30)26-10-5-2-6-11-26)32-12-7-13-33-35(32)31-22-23-36-24-34(31)38-33/h1-24H. The van der Waals surface area contributed by atoms with Crippen LogP contribution in [0.15, 0.2) is 146 Å². The monoisotopic (exact) mass is 504 g/mol. The van der Waals surface area contributed by atoms with Crippen LogP contribution >= 0.6 is 11.3 Å². The molecule has 0 aliphatic heterocycles. The van der Waals surface area contributed by atoms with Gasteiger partial charge in [0, 0.05) is 39.2 Å². The second-order valence-corrected chi connectivity index (χ2v) is 10.4. The Morgan fingerprint density at radius 2 is 1.03 bits per heavy atom. The first-order valence-corrected chi connectivity index (χ1v) is 13.5. The Morgan fingerprint density at radius 1 is 0.474 bits per heavy atom. The second-order valence-electron chi connectivity index (χ2n) is 9.29. The Morgan fingerprint density at radius 3 is 1.61 bits per heavy atom. The van der Waals surface area contributed by atoms with Gasteiger partial charge in [0.05, 0.1) is 10.4 Å². The van der Waals surface area contributed by atoms with Crippen LogP contribution < -0.4 is 4.90 Å². The van der Waals surface area contributed by atoms with E-state index in [4.69, 9.17) is 0 Å². The van der Waals surface area contributed by atoms with Crippen molar-refractivity contribution < 1.29 is 0 Å². The lowest BCUT2D eigenvalue weighted by Gasteiger charge is -2.27. The van der Waals surface area contributed by atoms with E-state index >= 15 is 0 Å². The lowest BCUT2D eigenvalue weighted by molar-refractivity contribution is 1.30. The van der Waals surface area contributed by atoms with Crippen molar-refractivity contribution in [1.82, 2.24) is 4.98 Å². The summed E-state index contributed by atoms with van der Waals surface area (Å²) in [7, 11) is 0. The minimum Gasteiger partial charge on any atom is -0.310 e. The molecule has 7 rings (SSSR count). The topological polar surface area (TPSA) is 16.1 Å². The van der Waals surface area contributed by atoms with E-state index in [2.05, 4.69) is 143 Å². The molecule has 0 spiro atoms. The van der Waals surface area contributed by atoms with Gasteiger partial charge in [-0.25, -0.2) is 0 Å². The van der Waals surface area contributed by atoms with Crippen molar-refractivity contribution in [2.75, 3.05) is 4.90 Å². The van der Waals surface area contributed by atoms with Crippen LogP contribution in [-0.2, 0) is 0 Å². The predicted molar refractivity (Wildman–Crippen MR) is 163 cm³/mol. The summed E-state index contributed by atoms with van der Waals surface area (Å²) in [5.74, 6) is 0. The second kappa shape index (κ2) is 9.62. The number of aromatic nitrogens is 1. The van der Waals surface area contributed by atoms with Gasteiger partial charge >= 0.3 is 0 Å². The highest BCUT2D eigenvalue weighted by Crippen LogP contribution is 2.45. The molecule has 3 heteroatoms. The summed E-state index contributed by atoms with van der Waals surface area (Å²) in [5, 5.41) is 2.50. The van der Waals surface area contributed by atoms with Crippen molar-refractivity contribution in [3.05, 3.63) is 146 Å². The zero-order chi connectivity index (χ0) is 25.3. The highest BCUT2D eigenvalue weighted by Gasteiger charge is 2.18. The lowest BCUT2D eigenvalue weighted by atomic mass is 10.0. The van der Waals surface area contributed by atoms with Gasteiger partial charge in [-0.05, 0) is 64.7 Å². The smallest absolute Gasteiger partial charge is 0.0554 e. The number of fused-ring (bicyclic) bond motifs is 3. The van der Waals surface area contributed by atoms with Gasteiger partial charge in [-0.2, -0.15) is 0 Å². The number of pyridine rings is 1. The first-order chi connectivity index (χ1) is 18.8. The Kier molecular flexibility index (Phi) is 5.69. The SMILES string of the molecule is c1ccc(-c2ccc(N(c3ccc(-c4ccccc4)cc3)c3cccc4sc5cnccc5c34)cc2)cc1. The summed E-state index contributed by atoms with van der Waals surface area (Å²) in [6, 6.07) is 47.5. The molecule has 180 valence electrons. The maximum atomic E-state index is 4.37. The quantitative estimate of drug-likeness (QED) is 0.232. The molecule has 38 heavy (non-hydrogen) atoms. The number of anilines is 3. The average Bonchev–Trinajstić information content (AvgIpc) is 3.38. The Bertz CT molecular complexity index is 1760. The number of hydrogen-bond acceptors (Lipinski definition) is 3. The molecule has 5 aromatic carbocycles. The third-order valence-electron chi connectivity index (χ3n) is 6.98. The first kappa shape index (κ1) is 22.5. The highest BCUT2D eigenvalue weighted by atomic mass is 32.1. The summed E-state index contributed by atoms with van der Waals surface area (Å²) >= 11 is 1.79. The zero-order valence-electron chi connectivity index (χ0n) is 20.7. The molecule has 0 aliphatic carbocycles. The molecule has 2 nitrogen and oxygen atoms in total. The van der Waals surface area contributed by atoms with Crippen LogP contribution in [0.25, 0.3) is 42.4 Å². The molecule has 0 bridgehead atoms. The van der Waals surface area contributed by atoms with Crippen molar-refractivity contribution >= 4 is 48.6 Å². The predicted octanol–water partition coefficient (Wildman–Crippen LogP) is 10.3. The molecular weight excluding hydrogens is 480 g/mol. The summed E-state index contributed by atoms with van der Waals surface area (Å²) in [5.41, 5.74) is 8.27. The van der Waals surface area contributed by atoms with Crippen molar-refractivity contribution in [2.24, 2.45) is 0 Å². The highest BCUT2D eigenvalue weighted by molar-refractivity contribution is 7.25. The van der Waals surface area contributed by atoms with Crippen LogP contribution in [0.3, 0.4) is 0 Å². The van der Waals surface area contributed by atoms with Gasteiger partial charge in [-0.15, -0.1) is 11.3 Å². The molecule has 2 aromatic heterocycles. The van der Waals surface area contributed by atoms with Gasteiger partial charge in [0.25, 0.3) is 0 Å². The number of rotatable bonds is 5. The molecular formula is C35H24N2S. The van der Waals surface area contributed by atoms with Gasteiger partial charge in [0.15, 0.2) is 0 Å². The summed E-state index contributed by atoms with van der Waals surface area (Å²) in [6.07, 6.45) is 3.86. The summed E-state index contributed by atoms with van der Waals surface area (Å²) < 4.78 is 2.46. The van der Waals surface area contributed by atoms with Crippen LogP contribution in [0.1, 0.15) is 0 Å². The molecule has 7 aromatic rings. The summed E-state index contributed by atoms with van der Waals surface area (Å²) in [6.45, 7) is 0. The van der Waals surface area contributed by atoms with Crippen LogP contribution in [0, 0.1) is 0 Å². The van der Waals surface area contributed by atoms with E-state index < -0.39 is 0 Å². The lowest BCUT2D eigenvalue weighted by Crippen LogP contribution is -2.10. The third-order valence-corrected chi connectivity index (χ3v) is 8.09. The molecule has 0 saturated heterocycles. The van der Waals surface area contributed by atoms with E-state index in [0.717, 1.165) is 11.4 Å². The zero-order valence-corrected chi connectivity index (χ0v) is 21.5. The van der Waals surface area contributed by atoms with E-state index in [9.17, 15) is 0 Å². The molecule has 0 unspecified atom stereocenters. The Balaban J connectivity index is 1.40. The van der Waals surface area contributed by atoms with E-state index in [-0.39, 0.29) is 0 Å². The number of thiophene rings is 1. The number of nitrogens with zero attached hydrogens (tertiary/aromatic N) is 2. The molecule has 0 saturated carbocycles. The van der Waals surface area contributed by atoms with Crippen LogP contribution in [-0.4, -0.2) is 4.98 Å².